The van der Waals surface area contributed by atoms with Crippen molar-refractivity contribution in [1.29, 1.82) is 5.26 Å². The van der Waals surface area contributed by atoms with Crippen molar-refractivity contribution in [3.63, 3.8) is 0 Å². The number of nitrogens with zero attached hydrogens (tertiary/aromatic N) is 2. The predicted octanol–water partition coefficient (Wildman–Crippen LogP) is 5.85. The summed E-state index contributed by atoms with van der Waals surface area (Å²) in [4.78, 5) is 37.2. The number of nitrogens with one attached hydrogen (secondary N) is 1. The van der Waals surface area contributed by atoms with Crippen LogP contribution in [0.4, 0.5) is 10.7 Å². The third kappa shape index (κ3) is 6.47. The van der Waals surface area contributed by atoms with E-state index in [1.807, 2.05) is 6.07 Å². The Morgan fingerprint density at radius 3 is 2.58 bits per heavy atom. The maximum atomic E-state index is 13.1. The van der Waals surface area contributed by atoms with E-state index in [-0.39, 0.29) is 24.5 Å². The van der Waals surface area contributed by atoms with Crippen LogP contribution in [0.3, 0.4) is 0 Å². The summed E-state index contributed by atoms with van der Waals surface area (Å²) in [6.45, 7) is 2.10. The molecule has 1 aliphatic rings. The summed E-state index contributed by atoms with van der Waals surface area (Å²) < 4.78 is 16.5. The number of carbonyl (C=O) groups is 2. The predicted molar refractivity (Wildman–Crippen MR) is 150 cm³/mol. The summed E-state index contributed by atoms with van der Waals surface area (Å²) in [6, 6.07) is 12.9. The maximum absolute atomic E-state index is 13.1. The van der Waals surface area contributed by atoms with Crippen molar-refractivity contribution >= 4 is 40.0 Å². The van der Waals surface area contributed by atoms with E-state index in [9.17, 15) is 25.0 Å². The molecule has 206 valence electrons. The molecule has 2 aromatic carbocycles. The third-order valence-corrected chi connectivity index (χ3v) is 7.49. The highest BCUT2D eigenvalue weighted by Gasteiger charge is 2.27. The maximum Gasteiger partial charge on any atom is 0.341 e. The summed E-state index contributed by atoms with van der Waals surface area (Å²) in [5.41, 5.74) is 2.40. The normalized spacial score (nSPS) is 12.6. The number of benzene rings is 2. The molecule has 11 heteroatoms. The van der Waals surface area contributed by atoms with E-state index in [4.69, 9.17) is 14.2 Å². The lowest BCUT2D eigenvalue weighted by atomic mass is 9.95. The fourth-order valence-corrected chi connectivity index (χ4v) is 5.60. The van der Waals surface area contributed by atoms with E-state index < -0.39 is 16.8 Å². The SMILES string of the molecule is CCOC(=O)c1c(NC(=O)/C(C#N)=C/c2ccc(OCc3ccc([N+](=O)[O-])cc3)c(OC)c2)sc2c1CCCC2. The van der Waals surface area contributed by atoms with E-state index in [1.54, 1.807) is 37.3 Å². The molecule has 4 rings (SSSR count). The molecule has 1 aromatic heterocycles. The van der Waals surface area contributed by atoms with Crippen LogP contribution in [-0.2, 0) is 29.0 Å². The lowest BCUT2D eigenvalue weighted by Crippen LogP contribution is -2.16. The number of non-ortho nitro benzene ring substituents is 1. The summed E-state index contributed by atoms with van der Waals surface area (Å²) in [7, 11) is 1.47. The van der Waals surface area contributed by atoms with Gasteiger partial charge in [-0.2, -0.15) is 5.26 Å². The monoisotopic (exact) mass is 561 g/mol. The number of amides is 1. The van der Waals surface area contributed by atoms with Gasteiger partial charge in [-0.25, -0.2) is 4.79 Å². The Balaban J connectivity index is 1.51. The molecule has 0 fully saturated rings. The molecule has 1 amide bonds. The average molecular weight is 562 g/mol. The minimum atomic E-state index is -0.635. The summed E-state index contributed by atoms with van der Waals surface area (Å²) in [5.74, 6) is -0.314. The first-order chi connectivity index (χ1) is 19.3. The zero-order valence-electron chi connectivity index (χ0n) is 22.0. The van der Waals surface area contributed by atoms with Gasteiger partial charge in [-0.15, -0.1) is 11.3 Å². The highest BCUT2D eigenvalue weighted by atomic mass is 32.1. The number of ether oxygens (including phenoxy) is 3. The summed E-state index contributed by atoms with van der Waals surface area (Å²) in [6.07, 6.45) is 4.98. The van der Waals surface area contributed by atoms with Gasteiger partial charge in [-0.05, 0) is 79.6 Å². The summed E-state index contributed by atoms with van der Waals surface area (Å²) in [5, 5.41) is 23.7. The molecule has 0 atom stereocenters. The first kappa shape index (κ1) is 28.3. The first-order valence-electron chi connectivity index (χ1n) is 12.6. The van der Waals surface area contributed by atoms with Gasteiger partial charge in [0.1, 0.15) is 23.3 Å². The second-order valence-electron chi connectivity index (χ2n) is 8.88. The van der Waals surface area contributed by atoms with E-state index >= 15 is 0 Å². The van der Waals surface area contributed by atoms with Crippen LogP contribution in [0.5, 0.6) is 11.5 Å². The molecular weight excluding hydrogens is 534 g/mol. The minimum Gasteiger partial charge on any atom is -0.493 e. The molecule has 10 nitrogen and oxygen atoms in total. The molecule has 0 saturated carbocycles. The van der Waals surface area contributed by atoms with Gasteiger partial charge in [0, 0.05) is 17.0 Å². The second-order valence-corrected chi connectivity index (χ2v) is 9.99. The molecule has 1 aliphatic carbocycles. The molecule has 0 aliphatic heterocycles. The number of esters is 1. The number of thiophene rings is 1. The molecule has 0 unspecified atom stereocenters. The van der Waals surface area contributed by atoms with Crippen LogP contribution in [0.1, 0.15) is 51.7 Å². The van der Waals surface area contributed by atoms with Crippen molar-refractivity contribution in [3.05, 3.63) is 85.3 Å². The quantitative estimate of drug-likeness (QED) is 0.107. The van der Waals surface area contributed by atoms with Crippen molar-refractivity contribution in [3.8, 4) is 17.6 Å². The standard InChI is InChI=1S/C29H27N3O7S/c1-3-38-29(34)26-22-6-4-5-7-25(22)40-28(26)31-27(33)20(16-30)14-19-10-13-23(24(15-19)37-2)39-17-18-8-11-21(12-9-18)32(35)36/h8-15H,3-7,17H2,1-2H3,(H,31,33)/b20-14+. The van der Waals surface area contributed by atoms with Gasteiger partial charge in [0.25, 0.3) is 11.6 Å². The van der Waals surface area contributed by atoms with E-state index in [0.29, 0.717) is 27.6 Å². The van der Waals surface area contributed by atoms with E-state index in [1.165, 1.54) is 36.7 Å². The largest absolute Gasteiger partial charge is 0.493 e. The van der Waals surface area contributed by atoms with Gasteiger partial charge in [0.15, 0.2) is 11.5 Å². The number of hydrogen-bond donors (Lipinski definition) is 1. The Labute approximate surface area is 234 Å². The average Bonchev–Trinajstić information content (AvgIpc) is 3.33. The number of nitro benzene ring substituents is 1. The van der Waals surface area contributed by atoms with Gasteiger partial charge < -0.3 is 19.5 Å². The van der Waals surface area contributed by atoms with Crippen molar-refractivity contribution in [2.24, 2.45) is 0 Å². The zero-order valence-corrected chi connectivity index (χ0v) is 22.8. The summed E-state index contributed by atoms with van der Waals surface area (Å²) >= 11 is 1.35. The molecule has 3 aromatic rings. The van der Waals surface area contributed by atoms with Crippen molar-refractivity contribution in [2.75, 3.05) is 19.0 Å². The van der Waals surface area contributed by atoms with Gasteiger partial charge in [-0.3, -0.25) is 14.9 Å². The highest BCUT2D eigenvalue weighted by molar-refractivity contribution is 7.17. The number of carbonyl (C=O) groups excluding carboxylic acids is 2. The highest BCUT2D eigenvalue weighted by Crippen LogP contribution is 2.39. The first-order valence-corrected chi connectivity index (χ1v) is 13.4. The topological polar surface area (TPSA) is 141 Å². The molecule has 0 saturated heterocycles. The molecule has 40 heavy (non-hydrogen) atoms. The number of anilines is 1. The molecule has 0 bridgehead atoms. The van der Waals surface area contributed by atoms with Crippen LogP contribution in [0.2, 0.25) is 0 Å². The van der Waals surface area contributed by atoms with E-state index in [0.717, 1.165) is 41.7 Å². The van der Waals surface area contributed by atoms with Gasteiger partial charge in [-0.1, -0.05) is 6.07 Å². The smallest absolute Gasteiger partial charge is 0.341 e. The Bertz CT molecular complexity index is 1500. The number of methoxy groups -OCH3 is 1. The number of aryl methyl sites for hydroxylation is 1. The second kappa shape index (κ2) is 12.9. The fourth-order valence-electron chi connectivity index (χ4n) is 4.33. The Morgan fingerprint density at radius 2 is 1.90 bits per heavy atom. The number of nitro groups is 1. The number of hydrogen-bond acceptors (Lipinski definition) is 9. The van der Waals surface area contributed by atoms with E-state index in [2.05, 4.69) is 5.32 Å². The number of rotatable bonds is 10. The minimum absolute atomic E-state index is 0.00870. The van der Waals surface area contributed by atoms with Crippen molar-refractivity contribution in [1.82, 2.24) is 0 Å². The van der Waals surface area contributed by atoms with Crippen LogP contribution >= 0.6 is 11.3 Å². The van der Waals surface area contributed by atoms with Crippen LogP contribution in [0.15, 0.2) is 48.0 Å². The molecule has 0 radical (unpaired) electrons. The van der Waals surface area contributed by atoms with Crippen molar-refractivity contribution in [2.45, 2.75) is 39.2 Å². The third-order valence-electron chi connectivity index (χ3n) is 6.28. The number of fused-ring (bicyclic) bond motifs is 1. The molecule has 1 N–H and O–H groups in total. The lowest BCUT2D eigenvalue weighted by molar-refractivity contribution is -0.384. The number of nitriles is 1. The molecule has 0 spiro atoms. The van der Waals surface area contributed by atoms with Crippen LogP contribution < -0.4 is 14.8 Å². The van der Waals surface area contributed by atoms with Crippen LogP contribution in [-0.4, -0.2) is 30.5 Å². The molecular formula is C29H27N3O7S. The Morgan fingerprint density at radius 1 is 1.15 bits per heavy atom. The van der Waals surface area contributed by atoms with Crippen molar-refractivity contribution < 1.29 is 28.7 Å². The van der Waals surface area contributed by atoms with Crippen LogP contribution in [0.25, 0.3) is 6.08 Å². The van der Waals surface area contributed by atoms with Gasteiger partial charge >= 0.3 is 5.97 Å². The van der Waals surface area contributed by atoms with Gasteiger partial charge in [0.05, 0.1) is 24.2 Å². The Hall–Kier alpha value is -4.69. The lowest BCUT2D eigenvalue weighted by Gasteiger charge is -2.12. The van der Waals surface area contributed by atoms with Gasteiger partial charge in [0.2, 0.25) is 0 Å². The Kier molecular flexibility index (Phi) is 9.14. The fraction of sp³-hybridized carbons (Fsp3) is 0.276. The zero-order chi connectivity index (χ0) is 28.6. The van der Waals surface area contributed by atoms with Crippen LogP contribution in [0, 0.1) is 21.4 Å². The molecule has 1 heterocycles.